The molecule has 0 saturated heterocycles. The third-order valence-corrected chi connectivity index (χ3v) is 3.59. The summed E-state index contributed by atoms with van der Waals surface area (Å²) in [5.41, 5.74) is 8.00. The molecule has 0 atom stereocenters. The third-order valence-electron chi connectivity index (χ3n) is 3.59. The molecule has 1 fully saturated rings. The number of rotatable bonds is 2. The topological polar surface area (TPSA) is 52.3 Å². The number of carbonyl (C=O) groups excluding carboxylic acids is 1. The van der Waals surface area contributed by atoms with Gasteiger partial charge in [0.2, 0.25) is 0 Å². The van der Waals surface area contributed by atoms with Crippen molar-refractivity contribution in [1.29, 1.82) is 0 Å². The number of anilines is 1. The quantitative estimate of drug-likeness (QED) is 0.494. The molecule has 0 radical (unpaired) electrons. The second-order valence-electron chi connectivity index (χ2n) is 5.09. The van der Waals surface area contributed by atoms with E-state index >= 15 is 0 Å². The van der Waals surface area contributed by atoms with Gasteiger partial charge in [0.05, 0.1) is 5.56 Å². The summed E-state index contributed by atoms with van der Waals surface area (Å²) in [5, 5.41) is 0. The minimum absolute atomic E-state index is 0.0857. The van der Waals surface area contributed by atoms with E-state index in [2.05, 4.69) is 0 Å². The fraction of sp³-hybridized carbons (Fsp3) is 0.533. The highest BCUT2D eigenvalue weighted by Gasteiger charge is 2.18. The van der Waals surface area contributed by atoms with E-state index in [1.165, 1.54) is 12.8 Å². The molecule has 1 aliphatic rings. The summed E-state index contributed by atoms with van der Waals surface area (Å²) >= 11 is 0. The van der Waals surface area contributed by atoms with E-state index in [0.717, 1.165) is 31.2 Å². The van der Waals surface area contributed by atoms with Gasteiger partial charge in [0.1, 0.15) is 6.10 Å². The fourth-order valence-corrected chi connectivity index (χ4v) is 2.35. The summed E-state index contributed by atoms with van der Waals surface area (Å²) in [4.78, 5) is 12.0. The Balaban J connectivity index is 1.99. The SMILES string of the molecule is Cc1ccc(C(=O)OC2CCCCCC2)cc1N. The zero-order chi connectivity index (χ0) is 13.0. The standard InChI is InChI=1S/C15H21NO2/c1-11-8-9-12(10-14(11)16)15(17)18-13-6-4-2-3-5-7-13/h8-10,13H,2-7,16H2,1H3. The third kappa shape index (κ3) is 3.25. The molecule has 0 heterocycles. The van der Waals surface area contributed by atoms with Gasteiger partial charge in [0.15, 0.2) is 0 Å². The van der Waals surface area contributed by atoms with Crippen molar-refractivity contribution in [3.8, 4) is 0 Å². The van der Waals surface area contributed by atoms with Crippen molar-refractivity contribution in [2.45, 2.75) is 51.6 Å². The summed E-state index contributed by atoms with van der Waals surface area (Å²) < 4.78 is 5.56. The van der Waals surface area contributed by atoms with Crippen LogP contribution in [0.4, 0.5) is 5.69 Å². The van der Waals surface area contributed by atoms with E-state index in [1.54, 1.807) is 12.1 Å². The molecule has 0 aliphatic heterocycles. The first-order chi connectivity index (χ1) is 8.66. The first kappa shape index (κ1) is 12.9. The van der Waals surface area contributed by atoms with Gasteiger partial charge in [-0.15, -0.1) is 0 Å². The number of nitrogens with two attached hydrogens (primary N) is 1. The number of hydrogen-bond acceptors (Lipinski definition) is 3. The number of hydrogen-bond donors (Lipinski definition) is 1. The molecule has 1 aromatic rings. The van der Waals surface area contributed by atoms with Gasteiger partial charge in [-0.05, 0) is 50.3 Å². The molecule has 98 valence electrons. The van der Waals surface area contributed by atoms with Gasteiger partial charge in [-0.2, -0.15) is 0 Å². The van der Waals surface area contributed by atoms with E-state index in [1.807, 2.05) is 13.0 Å². The molecule has 0 aromatic heterocycles. The lowest BCUT2D eigenvalue weighted by molar-refractivity contribution is 0.0267. The number of nitrogen functional groups attached to an aromatic ring is 1. The highest BCUT2D eigenvalue weighted by atomic mass is 16.5. The molecular weight excluding hydrogens is 226 g/mol. The van der Waals surface area contributed by atoms with Gasteiger partial charge in [-0.1, -0.05) is 18.9 Å². The molecule has 1 aromatic carbocycles. The fourth-order valence-electron chi connectivity index (χ4n) is 2.35. The normalized spacial score (nSPS) is 17.2. The molecular formula is C15H21NO2. The van der Waals surface area contributed by atoms with Gasteiger partial charge < -0.3 is 10.5 Å². The Bertz CT molecular complexity index is 421. The summed E-state index contributed by atoms with van der Waals surface area (Å²) in [6, 6.07) is 5.35. The highest BCUT2D eigenvalue weighted by molar-refractivity contribution is 5.90. The maximum atomic E-state index is 12.0. The van der Waals surface area contributed by atoms with Crippen LogP contribution < -0.4 is 5.73 Å². The van der Waals surface area contributed by atoms with Gasteiger partial charge >= 0.3 is 5.97 Å². The minimum atomic E-state index is -0.242. The van der Waals surface area contributed by atoms with E-state index in [-0.39, 0.29) is 12.1 Å². The van der Waals surface area contributed by atoms with Crippen LogP contribution in [0, 0.1) is 6.92 Å². The number of aryl methyl sites for hydroxylation is 1. The molecule has 2 rings (SSSR count). The molecule has 0 bridgehead atoms. The van der Waals surface area contributed by atoms with E-state index in [0.29, 0.717) is 11.3 Å². The van der Waals surface area contributed by atoms with E-state index < -0.39 is 0 Å². The zero-order valence-corrected chi connectivity index (χ0v) is 10.9. The second kappa shape index (κ2) is 5.89. The summed E-state index contributed by atoms with van der Waals surface area (Å²) in [6.45, 7) is 1.93. The molecule has 3 nitrogen and oxygen atoms in total. The predicted octanol–water partition coefficient (Wildman–Crippen LogP) is 3.46. The smallest absolute Gasteiger partial charge is 0.338 e. The monoisotopic (exact) mass is 247 g/mol. The number of carbonyl (C=O) groups is 1. The molecule has 3 heteroatoms. The van der Waals surface area contributed by atoms with Crippen LogP contribution in [0.15, 0.2) is 18.2 Å². The van der Waals surface area contributed by atoms with Crippen LogP contribution in [0.2, 0.25) is 0 Å². The first-order valence-electron chi connectivity index (χ1n) is 6.74. The van der Waals surface area contributed by atoms with Crippen LogP contribution in [0.3, 0.4) is 0 Å². The van der Waals surface area contributed by atoms with Gasteiger partial charge in [-0.3, -0.25) is 0 Å². The average Bonchev–Trinajstić information content (AvgIpc) is 2.61. The van der Waals surface area contributed by atoms with Crippen molar-refractivity contribution in [2.75, 3.05) is 5.73 Å². The Labute approximate surface area is 108 Å². The van der Waals surface area contributed by atoms with Crippen molar-refractivity contribution in [1.82, 2.24) is 0 Å². The van der Waals surface area contributed by atoms with Crippen LogP contribution in [-0.2, 0) is 4.74 Å². The number of ether oxygens (including phenoxy) is 1. The lowest BCUT2D eigenvalue weighted by Gasteiger charge is -2.15. The molecule has 1 saturated carbocycles. The minimum Gasteiger partial charge on any atom is -0.459 e. The average molecular weight is 247 g/mol. The van der Waals surface area contributed by atoms with Crippen molar-refractivity contribution in [3.63, 3.8) is 0 Å². The molecule has 1 aliphatic carbocycles. The summed E-state index contributed by atoms with van der Waals surface area (Å²) in [6.07, 6.45) is 6.90. The van der Waals surface area contributed by atoms with Crippen molar-refractivity contribution in [3.05, 3.63) is 29.3 Å². The highest BCUT2D eigenvalue weighted by Crippen LogP contribution is 2.21. The Morgan fingerprint density at radius 3 is 2.50 bits per heavy atom. The number of benzene rings is 1. The summed E-state index contributed by atoms with van der Waals surface area (Å²) in [7, 11) is 0. The van der Waals surface area contributed by atoms with Gasteiger partial charge in [-0.25, -0.2) is 4.79 Å². The summed E-state index contributed by atoms with van der Waals surface area (Å²) in [5.74, 6) is -0.242. The van der Waals surface area contributed by atoms with Crippen LogP contribution in [-0.4, -0.2) is 12.1 Å². The van der Waals surface area contributed by atoms with Gasteiger partial charge in [0.25, 0.3) is 0 Å². The van der Waals surface area contributed by atoms with Crippen LogP contribution in [0.5, 0.6) is 0 Å². The molecule has 0 spiro atoms. The Morgan fingerprint density at radius 1 is 1.22 bits per heavy atom. The largest absolute Gasteiger partial charge is 0.459 e. The van der Waals surface area contributed by atoms with Crippen molar-refractivity contribution >= 4 is 11.7 Å². The Kier molecular flexibility index (Phi) is 4.24. The first-order valence-corrected chi connectivity index (χ1v) is 6.74. The zero-order valence-electron chi connectivity index (χ0n) is 10.9. The van der Waals surface area contributed by atoms with Crippen LogP contribution in [0.1, 0.15) is 54.4 Å². The maximum Gasteiger partial charge on any atom is 0.338 e. The lowest BCUT2D eigenvalue weighted by atomic mass is 10.1. The van der Waals surface area contributed by atoms with E-state index in [9.17, 15) is 4.79 Å². The molecule has 18 heavy (non-hydrogen) atoms. The second-order valence-corrected chi connectivity index (χ2v) is 5.09. The Hall–Kier alpha value is -1.51. The molecule has 2 N–H and O–H groups in total. The maximum absolute atomic E-state index is 12.0. The molecule has 0 unspecified atom stereocenters. The van der Waals surface area contributed by atoms with Crippen molar-refractivity contribution < 1.29 is 9.53 Å². The van der Waals surface area contributed by atoms with Crippen LogP contribution in [0.25, 0.3) is 0 Å². The molecule has 0 amide bonds. The van der Waals surface area contributed by atoms with Gasteiger partial charge in [0, 0.05) is 5.69 Å². The number of esters is 1. The van der Waals surface area contributed by atoms with Crippen molar-refractivity contribution in [2.24, 2.45) is 0 Å². The predicted molar refractivity (Wildman–Crippen MR) is 72.5 cm³/mol. The van der Waals surface area contributed by atoms with E-state index in [4.69, 9.17) is 10.5 Å². The lowest BCUT2D eigenvalue weighted by Crippen LogP contribution is -2.17. The Morgan fingerprint density at radius 2 is 1.89 bits per heavy atom. The van der Waals surface area contributed by atoms with Crippen LogP contribution >= 0.6 is 0 Å².